The molecule has 0 aromatic heterocycles. The molecule has 2 amide bonds. The van der Waals surface area contributed by atoms with Gasteiger partial charge in [0.2, 0.25) is 11.8 Å². The van der Waals surface area contributed by atoms with Gasteiger partial charge in [-0.3, -0.25) is 19.4 Å². The molecule has 0 saturated carbocycles. The quantitative estimate of drug-likeness (QED) is 0.0449. The molecule has 43 heavy (non-hydrogen) atoms. The second kappa shape index (κ2) is 26.8. The van der Waals surface area contributed by atoms with E-state index in [0.29, 0.717) is 39.0 Å². The number of nitrogens with two attached hydrogens (primary N) is 2. The van der Waals surface area contributed by atoms with Crippen LogP contribution in [-0.4, -0.2) is 61.6 Å². The van der Waals surface area contributed by atoms with Gasteiger partial charge in [0.05, 0.1) is 13.2 Å². The van der Waals surface area contributed by atoms with Crippen LogP contribution in [0.5, 0.6) is 0 Å². The zero-order valence-corrected chi connectivity index (χ0v) is 27.4. The Bertz CT molecular complexity index is 801. The minimum absolute atomic E-state index is 0.0250. The van der Waals surface area contributed by atoms with Crippen LogP contribution in [-0.2, 0) is 28.7 Å². The maximum absolute atomic E-state index is 12.9. The molecule has 0 aliphatic rings. The maximum atomic E-state index is 12.9. The van der Waals surface area contributed by atoms with Crippen LogP contribution in [0.2, 0.25) is 0 Å². The lowest BCUT2D eigenvalue weighted by atomic mass is 10.0. The SMILES string of the molecule is CC(=O)N[C@@H](CC(C)C)C(=O)N[C@@H](CCCN=C(N)N)C(=O)OCCCCCCCCCCCCCCCCOC(C)=O. The summed E-state index contributed by atoms with van der Waals surface area (Å²) in [5, 5.41) is 5.45. The van der Waals surface area contributed by atoms with Crippen LogP contribution < -0.4 is 22.1 Å². The zero-order valence-electron chi connectivity index (χ0n) is 27.4. The molecule has 2 atom stereocenters. The van der Waals surface area contributed by atoms with Crippen molar-refractivity contribution in [2.75, 3.05) is 19.8 Å². The Balaban J connectivity index is 4.16. The molecule has 0 aromatic rings. The van der Waals surface area contributed by atoms with Crippen LogP contribution in [0.15, 0.2) is 4.99 Å². The van der Waals surface area contributed by atoms with Crippen molar-refractivity contribution < 1.29 is 28.7 Å². The van der Waals surface area contributed by atoms with Crippen molar-refractivity contribution in [1.29, 1.82) is 0 Å². The molecule has 0 radical (unpaired) electrons. The molecule has 0 fully saturated rings. The number of hydrogen-bond donors (Lipinski definition) is 4. The highest BCUT2D eigenvalue weighted by molar-refractivity contribution is 5.90. The van der Waals surface area contributed by atoms with E-state index in [2.05, 4.69) is 15.6 Å². The lowest BCUT2D eigenvalue weighted by Crippen LogP contribution is -2.52. The van der Waals surface area contributed by atoms with Gasteiger partial charge < -0.3 is 31.6 Å². The minimum atomic E-state index is -0.836. The van der Waals surface area contributed by atoms with E-state index in [1.165, 1.54) is 71.6 Å². The van der Waals surface area contributed by atoms with Gasteiger partial charge in [-0.2, -0.15) is 0 Å². The molecule has 0 unspecified atom stereocenters. The Hall–Kier alpha value is -2.85. The monoisotopic (exact) mass is 611 g/mol. The molecule has 0 heterocycles. The maximum Gasteiger partial charge on any atom is 0.328 e. The molecule has 250 valence electrons. The second-order valence-electron chi connectivity index (χ2n) is 11.8. The number of rotatable bonds is 27. The molecule has 0 aliphatic heterocycles. The molecule has 11 heteroatoms. The highest BCUT2D eigenvalue weighted by atomic mass is 16.5. The average Bonchev–Trinajstić information content (AvgIpc) is 2.92. The fourth-order valence-electron chi connectivity index (χ4n) is 4.79. The summed E-state index contributed by atoms with van der Waals surface area (Å²) < 4.78 is 10.5. The number of nitrogens with zero attached hydrogens (tertiary/aromatic N) is 1. The summed E-state index contributed by atoms with van der Waals surface area (Å²) in [7, 11) is 0. The number of nitrogens with one attached hydrogen (secondary N) is 2. The first-order chi connectivity index (χ1) is 20.5. The Kier molecular flexibility index (Phi) is 25.0. The van der Waals surface area contributed by atoms with Crippen LogP contribution in [0, 0.1) is 5.92 Å². The van der Waals surface area contributed by atoms with E-state index < -0.39 is 24.0 Å². The molecule has 0 bridgehead atoms. The van der Waals surface area contributed by atoms with Crippen molar-refractivity contribution in [2.45, 2.75) is 149 Å². The predicted octanol–water partition coefficient (Wildman–Crippen LogP) is 4.64. The fourth-order valence-corrected chi connectivity index (χ4v) is 4.79. The molecule has 0 aromatic carbocycles. The molecule has 0 rings (SSSR count). The number of carbonyl (C=O) groups is 4. The second-order valence-corrected chi connectivity index (χ2v) is 11.8. The van der Waals surface area contributed by atoms with E-state index in [-0.39, 0.29) is 23.8 Å². The smallest absolute Gasteiger partial charge is 0.328 e. The third-order valence-corrected chi connectivity index (χ3v) is 7.04. The Morgan fingerprint density at radius 1 is 0.651 bits per heavy atom. The largest absolute Gasteiger partial charge is 0.466 e. The number of amides is 2. The highest BCUT2D eigenvalue weighted by Gasteiger charge is 2.27. The Labute approximate surface area is 260 Å². The van der Waals surface area contributed by atoms with Crippen LogP contribution in [0.1, 0.15) is 137 Å². The van der Waals surface area contributed by atoms with E-state index >= 15 is 0 Å². The Morgan fingerprint density at radius 2 is 1.12 bits per heavy atom. The van der Waals surface area contributed by atoms with Gasteiger partial charge in [-0.05, 0) is 38.0 Å². The van der Waals surface area contributed by atoms with Crippen molar-refractivity contribution >= 4 is 29.7 Å². The number of aliphatic imine (C=N–C) groups is 1. The summed E-state index contributed by atoms with van der Waals surface area (Å²) in [5.41, 5.74) is 10.8. The summed E-state index contributed by atoms with van der Waals surface area (Å²) in [5.74, 6) is -1.22. The van der Waals surface area contributed by atoms with Crippen LogP contribution in [0.25, 0.3) is 0 Å². The first-order valence-corrected chi connectivity index (χ1v) is 16.5. The first-order valence-electron chi connectivity index (χ1n) is 16.5. The van der Waals surface area contributed by atoms with Crippen LogP contribution >= 0.6 is 0 Å². The molecule has 0 saturated heterocycles. The van der Waals surface area contributed by atoms with Gasteiger partial charge in [0.15, 0.2) is 5.96 Å². The average molecular weight is 612 g/mol. The van der Waals surface area contributed by atoms with Gasteiger partial charge in [-0.25, -0.2) is 4.79 Å². The number of ether oxygens (including phenoxy) is 2. The number of unbranched alkanes of at least 4 members (excludes halogenated alkanes) is 13. The predicted molar refractivity (Wildman–Crippen MR) is 171 cm³/mol. The summed E-state index contributed by atoms with van der Waals surface area (Å²) in [6.45, 7) is 7.94. The number of guanidine groups is 1. The molecule has 0 spiro atoms. The number of carbonyl (C=O) groups excluding carboxylic acids is 4. The van der Waals surface area contributed by atoms with Crippen LogP contribution in [0.3, 0.4) is 0 Å². The zero-order chi connectivity index (χ0) is 32.3. The minimum Gasteiger partial charge on any atom is -0.466 e. The van der Waals surface area contributed by atoms with E-state index in [1.54, 1.807) is 0 Å². The van der Waals surface area contributed by atoms with Crippen molar-refractivity contribution in [3.63, 3.8) is 0 Å². The third kappa shape index (κ3) is 26.5. The topological polar surface area (TPSA) is 175 Å². The third-order valence-electron chi connectivity index (χ3n) is 7.04. The summed E-state index contributed by atoms with van der Waals surface area (Å²) >= 11 is 0. The first kappa shape index (κ1) is 40.1. The molecular formula is C32H61N5O6. The molecular weight excluding hydrogens is 550 g/mol. The number of hydrogen-bond acceptors (Lipinski definition) is 7. The van der Waals surface area contributed by atoms with Crippen LogP contribution in [0.4, 0.5) is 0 Å². The molecule has 0 aliphatic carbocycles. The van der Waals surface area contributed by atoms with Gasteiger partial charge >= 0.3 is 11.9 Å². The van der Waals surface area contributed by atoms with E-state index in [1.807, 2.05) is 13.8 Å². The summed E-state index contributed by atoms with van der Waals surface area (Å²) in [4.78, 5) is 52.0. The van der Waals surface area contributed by atoms with E-state index in [4.69, 9.17) is 20.9 Å². The van der Waals surface area contributed by atoms with Gasteiger partial charge in [0.1, 0.15) is 12.1 Å². The van der Waals surface area contributed by atoms with E-state index in [9.17, 15) is 19.2 Å². The van der Waals surface area contributed by atoms with Gasteiger partial charge in [0, 0.05) is 20.4 Å². The molecule has 6 N–H and O–H groups in total. The highest BCUT2D eigenvalue weighted by Crippen LogP contribution is 2.13. The fraction of sp³-hybridized carbons (Fsp3) is 0.844. The van der Waals surface area contributed by atoms with Crippen molar-refractivity contribution in [3.8, 4) is 0 Å². The number of esters is 2. The lowest BCUT2D eigenvalue weighted by molar-refractivity contribution is -0.148. The van der Waals surface area contributed by atoms with Gasteiger partial charge in [0.25, 0.3) is 0 Å². The standard InChI is InChI=1S/C32H61N5O6/c1-25(2)24-29(36-26(3)38)30(40)37-28(20-19-21-35-32(33)34)31(41)43-23-18-16-14-12-10-8-6-5-7-9-11-13-15-17-22-42-27(4)39/h25,28-29H,5-24H2,1-4H3,(H,36,38)(H,37,40)(H4,33,34,35)/t28-,29-/m0/s1. The normalized spacial score (nSPS) is 12.3. The van der Waals surface area contributed by atoms with Crippen molar-refractivity contribution in [2.24, 2.45) is 22.4 Å². The summed E-state index contributed by atoms with van der Waals surface area (Å²) in [6.07, 6.45) is 17.5. The van der Waals surface area contributed by atoms with Crippen molar-refractivity contribution in [3.05, 3.63) is 0 Å². The van der Waals surface area contributed by atoms with Crippen molar-refractivity contribution in [1.82, 2.24) is 10.6 Å². The van der Waals surface area contributed by atoms with Gasteiger partial charge in [-0.1, -0.05) is 90.9 Å². The lowest BCUT2D eigenvalue weighted by Gasteiger charge is -2.23. The van der Waals surface area contributed by atoms with Gasteiger partial charge in [-0.15, -0.1) is 0 Å². The van der Waals surface area contributed by atoms with E-state index in [0.717, 1.165) is 32.1 Å². The summed E-state index contributed by atoms with van der Waals surface area (Å²) in [6, 6.07) is -1.56. The molecule has 11 nitrogen and oxygen atoms in total. The Morgan fingerprint density at radius 3 is 1.53 bits per heavy atom.